The molecule has 0 heterocycles. The summed E-state index contributed by atoms with van der Waals surface area (Å²) in [6, 6.07) is 3.00. The number of Topliss-reactive ketones (excluding diaryl/α,β-unsaturated/α-hetero) is 1. The summed E-state index contributed by atoms with van der Waals surface area (Å²) in [5, 5.41) is 2.76. The summed E-state index contributed by atoms with van der Waals surface area (Å²) in [7, 11) is 1.69. The molecule has 0 aliphatic carbocycles. The van der Waals surface area contributed by atoms with E-state index in [0.717, 1.165) is 5.56 Å². The van der Waals surface area contributed by atoms with Crippen molar-refractivity contribution >= 4 is 5.78 Å². The molecule has 0 amide bonds. The van der Waals surface area contributed by atoms with Crippen molar-refractivity contribution in [1.29, 1.82) is 0 Å². The number of likely N-dealkylation sites (N-methyl/N-ethyl adjacent to an activating group) is 1. The van der Waals surface area contributed by atoms with E-state index in [0.29, 0.717) is 11.1 Å². The summed E-state index contributed by atoms with van der Waals surface area (Å²) in [4.78, 5) is 11.5. The lowest BCUT2D eigenvalue weighted by atomic mass is 10.0. The SMILES string of the molecule is CNCC(=O)c1cc(F)c(C)cc1C. The molecule has 1 rings (SSSR count). The minimum atomic E-state index is -0.324. The molecule has 1 aromatic carbocycles. The summed E-state index contributed by atoms with van der Waals surface area (Å²) < 4.78 is 13.2. The second kappa shape index (κ2) is 4.33. The topological polar surface area (TPSA) is 29.1 Å². The van der Waals surface area contributed by atoms with Crippen LogP contribution in [0.25, 0.3) is 0 Å². The Hall–Kier alpha value is -1.22. The Balaban J connectivity index is 3.09. The molecule has 1 N–H and O–H groups in total. The maximum Gasteiger partial charge on any atom is 0.176 e. The van der Waals surface area contributed by atoms with Crippen LogP contribution in [0.3, 0.4) is 0 Å². The minimum Gasteiger partial charge on any atom is -0.313 e. The standard InChI is InChI=1S/C11H14FNO/c1-7-4-8(2)10(12)5-9(7)11(14)6-13-3/h4-5,13H,6H2,1-3H3. The fourth-order valence-corrected chi connectivity index (χ4v) is 1.38. The van der Waals surface area contributed by atoms with Gasteiger partial charge in [-0.05, 0) is 38.1 Å². The van der Waals surface area contributed by atoms with Gasteiger partial charge in [0.25, 0.3) is 0 Å². The third-order valence-electron chi connectivity index (χ3n) is 2.14. The van der Waals surface area contributed by atoms with Crippen LogP contribution in [-0.2, 0) is 0 Å². The highest BCUT2D eigenvalue weighted by atomic mass is 19.1. The predicted octanol–water partition coefficient (Wildman–Crippen LogP) is 1.84. The number of ketones is 1. The number of rotatable bonds is 3. The van der Waals surface area contributed by atoms with Crippen LogP contribution in [0.1, 0.15) is 21.5 Å². The first-order valence-corrected chi connectivity index (χ1v) is 4.50. The maximum absolute atomic E-state index is 13.2. The Bertz CT molecular complexity index is 361. The lowest BCUT2D eigenvalue weighted by Crippen LogP contribution is -2.19. The van der Waals surface area contributed by atoms with Crippen molar-refractivity contribution in [3.8, 4) is 0 Å². The molecule has 0 saturated carbocycles. The quantitative estimate of drug-likeness (QED) is 0.746. The number of benzene rings is 1. The number of carbonyl (C=O) groups is 1. The smallest absolute Gasteiger partial charge is 0.176 e. The van der Waals surface area contributed by atoms with Gasteiger partial charge in [0.15, 0.2) is 5.78 Å². The van der Waals surface area contributed by atoms with Crippen LogP contribution in [0, 0.1) is 19.7 Å². The van der Waals surface area contributed by atoms with Crippen LogP contribution in [0.5, 0.6) is 0 Å². The third kappa shape index (κ3) is 2.17. The molecule has 2 nitrogen and oxygen atoms in total. The van der Waals surface area contributed by atoms with Gasteiger partial charge in [-0.25, -0.2) is 4.39 Å². The highest BCUT2D eigenvalue weighted by Crippen LogP contribution is 2.14. The lowest BCUT2D eigenvalue weighted by molar-refractivity contribution is 0.0992. The third-order valence-corrected chi connectivity index (χ3v) is 2.14. The van der Waals surface area contributed by atoms with Gasteiger partial charge in [0.05, 0.1) is 6.54 Å². The Morgan fingerprint density at radius 3 is 2.57 bits per heavy atom. The molecule has 0 unspecified atom stereocenters. The molecule has 0 atom stereocenters. The predicted molar refractivity (Wildman–Crippen MR) is 54.1 cm³/mol. The fraction of sp³-hybridized carbons (Fsp3) is 0.364. The lowest BCUT2D eigenvalue weighted by Gasteiger charge is -2.06. The van der Waals surface area contributed by atoms with E-state index < -0.39 is 0 Å². The van der Waals surface area contributed by atoms with E-state index in [4.69, 9.17) is 0 Å². The normalized spacial score (nSPS) is 10.3. The van der Waals surface area contributed by atoms with Gasteiger partial charge in [0.2, 0.25) is 0 Å². The molecule has 76 valence electrons. The second-order valence-corrected chi connectivity index (χ2v) is 3.37. The van der Waals surface area contributed by atoms with Gasteiger partial charge in [-0.3, -0.25) is 4.79 Å². The zero-order valence-electron chi connectivity index (χ0n) is 8.65. The van der Waals surface area contributed by atoms with E-state index in [1.54, 1.807) is 20.0 Å². The summed E-state index contributed by atoms with van der Waals surface area (Å²) in [5.74, 6) is -0.404. The first-order chi connectivity index (χ1) is 6.56. The zero-order valence-corrected chi connectivity index (χ0v) is 8.65. The van der Waals surface area contributed by atoms with Crippen molar-refractivity contribution in [2.24, 2.45) is 0 Å². The van der Waals surface area contributed by atoms with E-state index >= 15 is 0 Å². The fourth-order valence-electron chi connectivity index (χ4n) is 1.38. The van der Waals surface area contributed by atoms with Crippen LogP contribution >= 0.6 is 0 Å². The number of aryl methyl sites for hydroxylation is 2. The van der Waals surface area contributed by atoms with Crippen LogP contribution in [0.15, 0.2) is 12.1 Å². The number of nitrogens with one attached hydrogen (secondary N) is 1. The summed E-state index contributed by atoms with van der Waals surface area (Å²) in [6.45, 7) is 3.74. The summed E-state index contributed by atoms with van der Waals surface area (Å²) in [5.41, 5.74) is 1.86. The van der Waals surface area contributed by atoms with Crippen molar-refractivity contribution in [3.63, 3.8) is 0 Å². The highest BCUT2D eigenvalue weighted by Gasteiger charge is 2.10. The molecule has 0 aromatic heterocycles. The second-order valence-electron chi connectivity index (χ2n) is 3.37. The van der Waals surface area contributed by atoms with Gasteiger partial charge < -0.3 is 5.32 Å². The molecule has 0 aliphatic rings. The van der Waals surface area contributed by atoms with Crippen molar-refractivity contribution in [3.05, 3.63) is 34.6 Å². The minimum absolute atomic E-state index is 0.0797. The van der Waals surface area contributed by atoms with E-state index in [2.05, 4.69) is 5.32 Å². The van der Waals surface area contributed by atoms with E-state index in [9.17, 15) is 9.18 Å². The molecule has 0 fully saturated rings. The zero-order chi connectivity index (χ0) is 10.7. The maximum atomic E-state index is 13.2. The summed E-state index contributed by atoms with van der Waals surface area (Å²) >= 11 is 0. The van der Waals surface area contributed by atoms with Crippen LogP contribution in [0.2, 0.25) is 0 Å². The largest absolute Gasteiger partial charge is 0.313 e. The molecule has 0 radical (unpaired) electrons. The van der Waals surface area contributed by atoms with Gasteiger partial charge in [-0.2, -0.15) is 0 Å². The molecule has 0 bridgehead atoms. The Morgan fingerprint density at radius 2 is 2.00 bits per heavy atom. The molecule has 0 aliphatic heterocycles. The summed E-state index contributed by atoms with van der Waals surface area (Å²) in [6.07, 6.45) is 0. The number of hydrogen-bond acceptors (Lipinski definition) is 2. The van der Waals surface area contributed by atoms with Crippen LogP contribution in [-0.4, -0.2) is 19.4 Å². The van der Waals surface area contributed by atoms with Crippen LogP contribution < -0.4 is 5.32 Å². The first-order valence-electron chi connectivity index (χ1n) is 4.50. The number of halogens is 1. The van der Waals surface area contributed by atoms with Crippen LogP contribution in [0.4, 0.5) is 4.39 Å². The van der Waals surface area contributed by atoms with Gasteiger partial charge in [-0.15, -0.1) is 0 Å². The van der Waals surface area contributed by atoms with Gasteiger partial charge in [0, 0.05) is 5.56 Å². The molecule has 14 heavy (non-hydrogen) atoms. The van der Waals surface area contributed by atoms with E-state index in [1.165, 1.54) is 6.07 Å². The van der Waals surface area contributed by atoms with Crippen molar-refractivity contribution in [2.75, 3.05) is 13.6 Å². The highest BCUT2D eigenvalue weighted by molar-refractivity contribution is 5.98. The van der Waals surface area contributed by atoms with E-state index in [-0.39, 0.29) is 18.1 Å². The molecule has 1 aromatic rings. The number of carbonyl (C=O) groups excluding carboxylic acids is 1. The Morgan fingerprint density at radius 1 is 1.36 bits per heavy atom. The van der Waals surface area contributed by atoms with Crippen molar-refractivity contribution < 1.29 is 9.18 Å². The van der Waals surface area contributed by atoms with Gasteiger partial charge in [0.1, 0.15) is 5.82 Å². The van der Waals surface area contributed by atoms with Gasteiger partial charge >= 0.3 is 0 Å². The van der Waals surface area contributed by atoms with Crippen molar-refractivity contribution in [1.82, 2.24) is 5.32 Å². The molecular formula is C11H14FNO. The van der Waals surface area contributed by atoms with E-state index in [1.807, 2.05) is 6.92 Å². The van der Waals surface area contributed by atoms with Crippen molar-refractivity contribution in [2.45, 2.75) is 13.8 Å². The average Bonchev–Trinajstić information content (AvgIpc) is 2.11. The average molecular weight is 195 g/mol. The molecule has 3 heteroatoms. The monoisotopic (exact) mass is 195 g/mol. The first kappa shape index (κ1) is 10.9. The van der Waals surface area contributed by atoms with Gasteiger partial charge in [-0.1, -0.05) is 6.07 Å². The molecule has 0 spiro atoms. The Labute approximate surface area is 83.1 Å². The number of hydrogen-bond donors (Lipinski definition) is 1. The molecule has 0 saturated heterocycles. The molecular weight excluding hydrogens is 181 g/mol. The Kier molecular flexibility index (Phi) is 3.36.